The Morgan fingerprint density at radius 3 is 2.44 bits per heavy atom. The van der Waals surface area contributed by atoms with Crippen molar-refractivity contribution in [2.45, 2.75) is 63.8 Å². The molecule has 1 heterocycles. The van der Waals surface area contributed by atoms with E-state index in [9.17, 15) is 34.2 Å². The van der Waals surface area contributed by atoms with E-state index in [0.717, 1.165) is 6.42 Å². The lowest BCUT2D eigenvalue weighted by Crippen LogP contribution is -2.74. The van der Waals surface area contributed by atoms with Crippen molar-refractivity contribution in [1.82, 2.24) is 9.80 Å². The Labute approximate surface area is 225 Å². The number of aromatic hydroxyl groups is 1. The number of primary amides is 1. The number of halogens is 1. The summed E-state index contributed by atoms with van der Waals surface area (Å²) in [6.07, 6.45) is 0.994. The van der Waals surface area contributed by atoms with Gasteiger partial charge in [-0.15, -0.1) is 0 Å². The van der Waals surface area contributed by atoms with E-state index < -0.39 is 70.2 Å². The molecule has 39 heavy (non-hydrogen) atoms. The van der Waals surface area contributed by atoms with Gasteiger partial charge in [-0.3, -0.25) is 33.8 Å². The molecule has 210 valence electrons. The summed E-state index contributed by atoms with van der Waals surface area (Å²) in [5, 5.41) is 22.8. The van der Waals surface area contributed by atoms with Gasteiger partial charge in [-0.05, 0) is 52.6 Å². The van der Waals surface area contributed by atoms with Gasteiger partial charge in [-0.2, -0.15) is 0 Å². The van der Waals surface area contributed by atoms with Crippen LogP contribution in [-0.4, -0.2) is 87.4 Å². The molecule has 0 bridgehead atoms. The average Bonchev–Trinajstić information content (AvgIpc) is 2.88. The number of ketones is 4. The van der Waals surface area contributed by atoms with Gasteiger partial charge in [0, 0.05) is 41.7 Å². The van der Waals surface area contributed by atoms with Crippen LogP contribution in [0.4, 0.5) is 4.39 Å². The first-order valence-corrected chi connectivity index (χ1v) is 13.4. The standard InChI is InChI=1S/C28H34FN3O7/c1-5-11(2)32-7-6-13-15(10-32)20(29)14-8-12-9-16-21(31(3)4)24(35)19(27(30)38)26(37)28(16,39)25(36)17(12)23(34)18(14)22(13)33/h11-12,16-17,19,21,33,39H,5-10H2,1-4H3,(H2,30,38)/t11?,12-,16-,17?,19?,21-,28-/m0/s1. The summed E-state index contributed by atoms with van der Waals surface area (Å²) in [5.74, 6) is -12.0. The first-order valence-electron chi connectivity index (χ1n) is 13.4. The van der Waals surface area contributed by atoms with Crippen LogP contribution in [0, 0.1) is 29.5 Å². The van der Waals surface area contributed by atoms with Gasteiger partial charge in [0.2, 0.25) is 5.91 Å². The van der Waals surface area contributed by atoms with Gasteiger partial charge in [0.05, 0.1) is 17.5 Å². The zero-order chi connectivity index (χ0) is 28.7. The molecule has 0 spiro atoms. The molecule has 0 aromatic heterocycles. The summed E-state index contributed by atoms with van der Waals surface area (Å²) >= 11 is 0. The van der Waals surface area contributed by atoms with Gasteiger partial charge >= 0.3 is 0 Å². The minimum absolute atomic E-state index is 0.0200. The fourth-order valence-electron chi connectivity index (χ4n) is 7.41. The molecule has 1 aliphatic heterocycles. The highest BCUT2D eigenvalue weighted by Gasteiger charge is 2.69. The Bertz CT molecular complexity index is 1330. The monoisotopic (exact) mass is 543 g/mol. The van der Waals surface area contributed by atoms with Crippen molar-refractivity contribution in [2.75, 3.05) is 20.6 Å². The highest BCUT2D eigenvalue weighted by Crippen LogP contribution is 2.52. The van der Waals surface area contributed by atoms with Crippen LogP contribution in [0.25, 0.3) is 0 Å². The minimum Gasteiger partial charge on any atom is -0.507 e. The van der Waals surface area contributed by atoms with Gasteiger partial charge in [0.15, 0.2) is 34.7 Å². The van der Waals surface area contributed by atoms with E-state index in [1.807, 2.05) is 13.8 Å². The number of nitrogens with two attached hydrogens (primary N) is 1. The molecule has 1 amide bonds. The van der Waals surface area contributed by atoms with Gasteiger partial charge in [0.1, 0.15) is 11.6 Å². The molecule has 3 aliphatic carbocycles. The van der Waals surface area contributed by atoms with E-state index in [-0.39, 0.29) is 42.3 Å². The Balaban J connectivity index is 1.62. The summed E-state index contributed by atoms with van der Waals surface area (Å²) in [5.41, 5.74) is 2.94. The predicted octanol–water partition coefficient (Wildman–Crippen LogP) is 0.163. The third kappa shape index (κ3) is 3.66. The van der Waals surface area contributed by atoms with E-state index in [4.69, 9.17) is 5.73 Å². The molecule has 0 radical (unpaired) electrons. The molecule has 2 saturated carbocycles. The SMILES string of the molecule is CCC(C)N1CCc2c(O)c3c(c(F)c2C1)C[C@H]1C[C@H]2[C@H](N(C)C)C(=O)C(C(N)=O)C(=O)[C@@]2(O)C(=O)C1C3=O. The summed E-state index contributed by atoms with van der Waals surface area (Å²) < 4.78 is 16.1. The van der Waals surface area contributed by atoms with Crippen LogP contribution in [0.15, 0.2) is 0 Å². The fourth-order valence-corrected chi connectivity index (χ4v) is 7.41. The highest BCUT2D eigenvalue weighted by atomic mass is 19.1. The molecule has 10 nitrogen and oxygen atoms in total. The zero-order valence-corrected chi connectivity index (χ0v) is 22.5. The second-order valence-corrected chi connectivity index (χ2v) is 11.7. The predicted molar refractivity (Wildman–Crippen MR) is 135 cm³/mol. The zero-order valence-electron chi connectivity index (χ0n) is 22.5. The maximum Gasteiger partial charge on any atom is 0.235 e. The third-order valence-corrected chi connectivity index (χ3v) is 9.60. The molecule has 7 atom stereocenters. The molecule has 11 heteroatoms. The smallest absolute Gasteiger partial charge is 0.235 e. The second kappa shape index (κ2) is 9.28. The summed E-state index contributed by atoms with van der Waals surface area (Å²) in [7, 11) is 3.03. The van der Waals surface area contributed by atoms with E-state index in [1.165, 1.54) is 19.0 Å². The number of carbonyl (C=O) groups is 5. The first-order chi connectivity index (χ1) is 18.3. The van der Waals surface area contributed by atoms with Crippen molar-refractivity contribution in [3.05, 3.63) is 28.1 Å². The van der Waals surface area contributed by atoms with E-state index >= 15 is 4.39 Å². The summed E-state index contributed by atoms with van der Waals surface area (Å²) in [6, 6.07) is -0.999. The van der Waals surface area contributed by atoms with Crippen LogP contribution < -0.4 is 5.73 Å². The molecule has 1 aromatic rings. The third-order valence-electron chi connectivity index (χ3n) is 9.60. The van der Waals surface area contributed by atoms with Crippen LogP contribution >= 0.6 is 0 Å². The van der Waals surface area contributed by atoms with Crippen LogP contribution in [0.3, 0.4) is 0 Å². The van der Waals surface area contributed by atoms with E-state index in [1.54, 1.807) is 0 Å². The summed E-state index contributed by atoms with van der Waals surface area (Å²) in [6.45, 7) is 4.92. The van der Waals surface area contributed by atoms with Crippen molar-refractivity contribution in [1.29, 1.82) is 0 Å². The van der Waals surface area contributed by atoms with Gasteiger partial charge < -0.3 is 15.9 Å². The number of nitrogens with zero attached hydrogens (tertiary/aromatic N) is 2. The number of benzene rings is 1. The number of amides is 1. The van der Waals surface area contributed by atoms with Gasteiger partial charge in [-0.25, -0.2) is 4.39 Å². The second-order valence-electron chi connectivity index (χ2n) is 11.7. The number of hydrogen-bond acceptors (Lipinski definition) is 9. The van der Waals surface area contributed by atoms with Crippen molar-refractivity contribution in [2.24, 2.45) is 29.4 Å². The Kier molecular flexibility index (Phi) is 6.55. The minimum atomic E-state index is -2.80. The van der Waals surface area contributed by atoms with Crippen LogP contribution in [0.1, 0.15) is 53.7 Å². The van der Waals surface area contributed by atoms with Crippen molar-refractivity contribution in [3.63, 3.8) is 0 Å². The molecule has 1 aromatic carbocycles. The number of carbonyl (C=O) groups excluding carboxylic acids is 5. The quantitative estimate of drug-likeness (QED) is 0.450. The topological polar surface area (TPSA) is 158 Å². The Hall–Kier alpha value is -3.02. The lowest BCUT2D eigenvalue weighted by molar-refractivity contribution is -0.181. The van der Waals surface area contributed by atoms with Crippen molar-refractivity contribution >= 4 is 29.0 Å². The van der Waals surface area contributed by atoms with Crippen molar-refractivity contribution < 1.29 is 38.6 Å². The fraction of sp³-hybridized carbons (Fsp3) is 0.607. The first kappa shape index (κ1) is 27.5. The molecule has 4 aliphatic rings. The highest BCUT2D eigenvalue weighted by molar-refractivity contribution is 6.32. The Morgan fingerprint density at radius 1 is 1.18 bits per heavy atom. The number of aliphatic hydroxyl groups is 1. The van der Waals surface area contributed by atoms with E-state index in [2.05, 4.69) is 4.90 Å². The van der Waals surface area contributed by atoms with Gasteiger partial charge in [-0.1, -0.05) is 6.92 Å². The Morgan fingerprint density at radius 2 is 1.85 bits per heavy atom. The number of Topliss-reactive ketones (excluding diaryl/α,β-unsaturated/α-hetero) is 4. The molecule has 0 saturated heterocycles. The largest absolute Gasteiger partial charge is 0.507 e. The average molecular weight is 544 g/mol. The van der Waals surface area contributed by atoms with Crippen LogP contribution in [-0.2, 0) is 38.6 Å². The molecular formula is C28H34FN3O7. The molecule has 4 N–H and O–H groups in total. The maximum absolute atomic E-state index is 16.1. The number of rotatable bonds is 4. The van der Waals surface area contributed by atoms with Crippen molar-refractivity contribution in [3.8, 4) is 5.75 Å². The number of hydrogen-bond donors (Lipinski definition) is 3. The van der Waals surface area contributed by atoms with Crippen LogP contribution in [0.2, 0.25) is 0 Å². The number of fused-ring (bicyclic) bond motifs is 4. The van der Waals surface area contributed by atoms with Crippen LogP contribution in [0.5, 0.6) is 5.75 Å². The van der Waals surface area contributed by atoms with E-state index in [0.29, 0.717) is 24.1 Å². The maximum atomic E-state index is 16.1. The molecule has 2 fully saturated rings. The molecule has 3 unspecified atom stereocenters. The van der Waals surface area contributed by atoms with Gasteiger partial charge in [0.25, 0.3) is 0 Å². The molecule has 5 rings (SSSR count). The lowest BCUT2D eigenvalue weighted by atomic mass is 9.52. The molecular weight excluding hydrogens is 509 g/mol. The number of phenolic OH excluding ortho intramolecular Hbond substituents is 1. The lowest BCUT2D eigenvalue weighted by Gasteiger charge is -2.52. The number of phenols is 1. The summed E-state index contributed by atoms with van der Waals surface area (Å²) in [4.78, 5) is 69.8. The normalized spacial score (nSPS) is 33.4. The number of likely N-dealkylation sites (N-methyl/N-ethyl adjacent to an activating group) is 1.